The van der Waals surface area contributed by atoms with Gasteiger partial charge < -0.3 is 16.0 Å². The van der Waals surface area contributed by atoms with E-state index in [4.69, 9.17) is 5.73 Å². The molecule has 0 aromatic rings. The zero-order chi connectivity index (χ0) is 13.4. The Morgan fingerprint density at radius 3 is 2.44 bits per heavy atom. The average molecular weight is 256 g/mol. The molecule has 104 valence electrons. The summed E-state index contributed by atoms with van der Waals surface area (Å²) in [5, 5.41) is 2.87. The molecular formula is C12H24N4O2. The quantitative estimate of drug-likeness (QED) is 0.613. The number of carbonyl (C=O) groups excluding carboxylic acids is 2. The van der Waals surface area contributed by atoms with Crippen LogP contribution in [0.3, 0.4) is 0 Å². The van der Waals surface area contributed by atoms with Gasteiger partial charge in [0.1, 0.15) is 0 Å². The van der Waals surface area contributed by atoms with Crippen LogP contribution in [-0.2, 0) is 9.59 Å². The maximum absolute atomic E-state index is 11.4. The number of hydrogen-bond acceptors (Lipinski definition) is 4. The van der Waals surface area contributed by atoms with E-state index in [0.29, 0.717) is 19.4 Å². The van der Waals surface area contributed by atoms with Crippen LogP contribution >= 0.6 is 0 Å². The molecule has 3 N–H and O–H groups in total. The summed E-state index contributed by atoms with van der Waals surface area (Å²) in [7, 11) is 2.12. The summed E-state index contributed by atoms with van der Waals surface area (Å²) in [5.41, 5.74) is 5.01. The molecule has 0 spiro atoms. The smallest absolute Gasteiger partial charge is 0.220 e. The largest absolute Gasteiger partial charge is 0.370 e. The summed E-state index contributed by atoms with van der Waals surface area (Å²) in [5.74, 6) is -0.342. The number of likely N-dealkylation sites (N-methyl/N-ethyl adjacent to an activating group) is 1. The molecule has 0 saturated carbocycles. The third-order valence-electron chi connectivity index (χ3n) is 3.17. The standard InChI is InChI=1S/C12H24N4O2/c1-15-7-9-16(10-8-15)6-5-14-12(18)4-2-3-11(13)17/h2-10H2,1H3,(H2,13,17)(H,14,18). The number of rotatable bonds is 7. The Balaban J connectivity index is 2.00. The van der Waals surface area contributed by atoms with Gasteiger partial charge in [0.15, 0.2) is 0 Å². The molecule has 0 atom stereocenters. The first-order valence-electron chi connectivity index (χ1n) is 6.54. The zero-order valence-electron chi connectivity index (χ0n) is 11.2. The van der Waals surface area contributed by atoms with Crippen molar-refractivity contribution < 1.29 is 9.59 Å². The van der Waals surface area contributed by atoms with E-state index in [-0.39, 0.29) is 18.2 Å². The van der Waals surface area contributed by atoms with Crippen LogP contribution in [0.15, 0.2) is 0 Å². The van der Waals surface area contributed by atoms with Gasteiger partial charge >= 0.3 is 0 Å². The summed E-state index contributed by atoms with van der Waals surface area (Å²) in [6.07, 6.45) is 1.20. The van der Waals surface area contributed by atoms with Gasteiger partial charge in [0.05, 0.1) is 0 Å². The van der Waals surface area contributed by atoms with Crippen molar-refractivity contribution in [3.05, 3.63) is 0 Å². The summed E-state index contributed by atoms with van der Waals surface area (Å²) >= 11 is 0. The Hall–Kier alpha value is -1.14. The highest BCUT2D eigenvalue weighted by Gasteiger charge is 2.13. The topological polar surface area (TPSA) is 78.7 Å². The lowest BCUT2D eigenvalue weighted by molar-refractivity contribution is -0.121. The Morgan fingerprint density at radius 2 is 1.83 bits per heavy atom. The van der Waals surface area contributed by atoms with Crippen LogP contribution in [0.4, 0.5) is 0 Å². The molecule has 1 fully saturated rings. The van der Waals surface area contributed by atoms with E-state index in [1.165, 1.54) is 0 Å². The van der Waals surface area contributed by atoms with Crippen molar-refractivity contribution in [1.29, 1.82) is 0 Å². The van der Waals surface area contributed by atoms with Gasteiger partial charge in [-0.25, -0.2) is 0 Å². The van der Waals surface area contributed by atoms with Crippen LogP contribution < -0.4 is 11.1 Å². The maximum atomic E-state index is 11.4. The molecule has 0 aromatic heterocycles. The van der Waals surface area contributed by atoms with Crippen molar-refractivity contribution in [2.24, 2.45) is 5.73 Å². The minimum absolute atomic E-state index is 0.00498. The summed E-state index contributed by atoms with van der Waals surface area (Å²) in [6, 6.07) is 0. The van der Waals surface area contributed by atoms with Crippen LogP contribution in [0.2, 0.25) is 0 Å². The van der Waals surface area contributed by atoms with Gasteiger partial charge in [-0.2, -0.15) is 0 Å². The third-order valence-corrected chi connectivity index (χ3v) is 3.17. The molecule has 0 aliphatic carbocycles. The van der Waals surface area contributed by atoms with Crippen LogP contribution in [0.25, 0.3) is 0 Å². The molecular weight excluding hydrogens is 232 g/mol. The lowest BCUT2D eigenvalue weighted by atomic mass is 10.2. The number of nitrogens with zero attached hydrogens (tertiary/aromatic N) is 2. The molecule has 1 aliphatic rings. The molecule has 0 unspecified atom stereocenters. The second-order valence-electron chi connectivity index (χ2n) is 4.81. The first-order valence-corrected chi connectivity index (χ1v) is 6.54. The molecule has 6 nitrogen and oxygen atoms in total. The molecule has 1 heterocycles. The second kappa shape index (κ2) is 8.05. The van der Waals surface area contributed by atoms with Gasteiger partial charge in [-0.15, -0.1) is 0 Å². The fourth-order valence-corrected chi connectivity index (χ4v) is 1.94. The van der Waals surface area contributed by atoms with Crippen LogP contribution in [-0.4, -0.2) is 67.9 Å². The molecule has 1 rings (SSSR count). The molecule has 2 amide bonds. The molecule has 1 aliphatic heterocycles. The normalized spacial score (nSPS) is 17.6. The van der Waals surface area contributed by atoms with Gasteiger partial charge in [0.2, 0.25) is 11.8 Å². The molecule has 0 aromatic carbocycles. The lowest BCUT2D eigenvalue weighted by Crippen LogP contribution is -2.46. The number of nitrogens with two attached hydrogens (primary N) is 1. The second-order valence-corrected chi connectivity index (χ2v) is 4.81. The van der Waals surface area contributed by atoms with Gasteiger partial charge in [-0.05, 0) is 13.5 Å². The molecule has 6 heteroatoms. The van der Waals surface area contributed by atoms with E-state index in [9.17, 15) is 9.59 Å². The maximum Gasteiger partial charge on any atom is 0.220 e. The van der Waals surface area contributed by atoms with E-state index in [0.717, 1.165) is 32.7 Å². The minimum Gasteiger partial charge on any atom is -0.370 e. The summed E-state index contributed by atoms with van der Waals surface area (Å²) < 4.78 is 0. The first kappa shape index (κ1) is 14.9. The Morgan fingerprint density at radius 1 is 1.17 bits per heavy atom. The van der Waals surface area contributed by atoms with E-state index in [2.05, 4.69) is 22.2 Å². The predicted molar refractivity (Wildman–Crippen MR) is 70.0 cm³/mol. The highest BCUT2D eigenvalue weighted by Crippen LogP contribution is 1.98. The van der Waals surface area contributed by atoms with Gasteiger partial charge in [0, 0.05) is 52.1 Å². The van der Waals surface area contributed by atoms with E-state index < -0.39 is 0 Å². The van der Waals surface area contributed by atoms with Crippen LogP contribution in [0.5, 0.6) is 0 Å². The van der Waals surface area contributed by atoms with Crippen molar-refractivity contribution in [2.45, 2.75) is 19.3 Å². The van der Waals surface area contributed by atoms with Crippen molar-refractivity contribution >= 4 is 11.8 Å². The lowest BCUT2D eigenvalue weighted by Gasteiger charge is -2.32. The van der Waals surface area contributed by atoms with E-state index in [1.807, 2.05) is 0 Å². The zero-order valence-corrected chi connectivity index (χ0v) is 11.2. The number of nitrogens with one attached hydrogen (secondary N) is 1. The Kier molecular flexibility index (Phi) is 6.67. The first-order chi connectivity index (χ1) is 8.58. The van der Waals surface area contributed by atoms with Crippen LogP contribution in [0, 0.1) is 0 Å². The SMILES string of the molecule is CN1CCN(CCNC(=O)CCCC(N)=O)CC1. The fourth-order valence-electron chi connectivity index (χ4n) is 1.94. The van der Waals surface area contributed by atoms with Crippen molar-refractivity contribution in [3.8, 4) is 0 Å². The predicted octanol–water partition coefficient (Wildman–Crippen LogP) is -0.994. The molecule has 18 heavy (non-hydrogen) atoms. The molecule has 0 radical (unpaired) electrons. The fraction of sp³-hybridized carbons (Fsp3) is 0.833. The van der Waals surface area contributed by atoms with Gasteiger partial charge in [0.25, 0.3) is 0 Å². The van der Waals surface area contributed by atoms with E-state index in [1.54, 1.807) is 0 Å². The minimum atomic E-state index is -0.347. The highest BCUT2D eigenvalue weighted by atomic mass is 16.2. The number of carbonyl (C=O) groups is 2. The third kappa shape index (κ3) is 6.56. The summed E-state index contributed by atoms with van der Waals surface area (Å²) in [6.45, 7) is 5.88. The summed E-state index contributed by atoms with van der Waals surface area (Å²) in [4.78, 5) is 26.6. The van der Waals surface area contributed by atoms with Crippen molar-refractivity contribution in [3.63, 3.8) is 0 Å². The van der Waals surface area contributed by atoms with E-state index >= 15 is 0 Å². The molecule has 0 bridgehead atoms. The molecule has 1 saturated heterocycles. The van der Waals surface area contributed by atoms with Crippen LogP contribution in [0.1, 0.15) is 19.3 Å². The number of amides is 2. The monoisotopic (exact) mass is 256 g/mol. The van der Waals surface area contributed by atoms with Gasteiger partial charge in [-0.1, -0.05) is 0 Å². The Labute approximate surface area is 108 Å². The number of hydrogen-bond donors (Lipinski definition) is 2. The van der Waals surface area contributed by atoms with Crippen molar-refractivity contribution in [1.82, 2.24) is 15.1 Å². The van der Waals surface area contributed by atoms with Gasteiger partial charge in [-0.3, -0.25) is 14.5 Å². The number of piperazine rings is 1. The highest BCUT2D eigenvalue weighted by molar-refractivity contribution is 5.77. The number of primary amides is 1. The Bertz CT molecular complexity index is 275. The average Bonchev–Trinajstić information content (AvgIpc) is 2.31. The van der Waals surface area contributed by atoms with Crippen molar-refractivity contribution in [2.75, 3.05) is 46.3 Å².